The van der Waals surface area contributed by atoms with Crippen molar-refractivity contribution in [3.63, 3.8) is 0 Å². The summed E-state index contributed by atoms with van der Waals surface area (Å²) in [5.74, 6) is -1.44. The molecule has 0 bridgehead atoms. The molecule has 0 rings (SSSR count). The lowest BCUT2D eigenvalue weighted by Crippen LogP contribution is -2.21. The molecule has 2 N–H and O–H groups in total. The molecule has 0 heterocycles. The van der Waals surface area contributed by atoms with Crippen LogP contribution in [0.5, 0.6) is 0 Å². The Morgan fingerprint density at radius 2 is 1.90 bits per heavy atom. The van der Waals surface area contributed by atoms with E-state index in [4.69, 9.17) is 5.73 Å². The lowest BCUT2D eigenvalue weighted by molar-refractivity contribution is 0.174. The fourth-order valence-corrected chi connectivity index (χ4v) is 1.36. The Morgan fingerprint density at radius 1 is 1.40 bits per heavy atom. The second-order valence-corrected chi connectivity index (χ2v) is 4.02. The van der Waals surface area contributed by atoms with Gasteiger partial charge in [-0.2, -0.15) is 0 Å². The molecule has 0 fully saturated rings. The first-order valence-corrected chi connectivity index (χ1v) is 4.48. The van der Waals surface area contributed by atoms with Crippen LogP contribution in [-0.2, 0) is 9.84 Å². The van der Waals surface area contributed by atoms with Gasteiger partial charge in [-0.05, 0) is 0 Å². The third-order valence-corrected chi connectivity index (χ3v) is 2.43. The van der Waals surface area contributed by atoms with Crippen molar-refractivity contribution in [3.8, 4) is 0 Å². The quantitative estimate of drug-likeness (QED) is 0.630. The SMILES string of the molecule is NCCS(=O)(=O)CC(F)F. The van der Waals surface area contributed by atoms with Crippen molar-refractivity contribution in [3.05, 3.63) is 0 Å². The highest BCUT2D eigenvalue weighted by Gasteiger charge is 2.16. The topological polar surface area (TPSA) is 60.2 Å². The largest absolute Gasteiger partial charge is 0.329 e. The van der Waals surface area contributed by atoms with Gasteiger partial charge in [0.1, 0.15) is 5.75 Å². The van der Waals surface area contributed by atoms with E-state index in [9.17, 15) is 17.2 Å². The summed E-state index contributed by atoms with van der Waals surface area (Å²) in [5.41, 5.74) is 4.87. The van der Waals surface area contributed by atoms with Crippen molar-refractivity contribution in [2.24, 2.45) is 5.73 Å². The average molecular weight is 173 g/mol. The molecule has 62 valence electrons. The van der Waals surface area contributed by atoms with Gasteiger partial charge in [-0.1, -0.05) is 0 Å². The summed E-state index contributed by atoms with van der Waals surface area (Å²) in [6.07, 6.45) is -2.79. The lowest BCUT2D eigenvalue weighted by Gasteiger charge is -1.99. The van der Waals surface area contributed by atoms with Crippen LogP contribution < -0.4 is 5.73 Å². The van der Waals surface area contributed by atoms with E-state index < -0.39 is 22.0 Å². The standard InChI is InChI=1S/C4H9F2NO2S/c5-4(6)3-10(8,9)2-1-7/h4H,1-3,7H2. The Labute approximate surface area is 58.1 Å². The highest BCUT2D eigenvalue weighted by molar-refractivity contribution is 7.91. The number of nitrogens with two attached hydrogens (primary N) is 1. The number of hydrogen-bond acceptors (Lipinski definition) is 3. The van der Waals surface area contributed by atoms with E-state index in [0.29, 0.717) is 0 Å². The second-order valence-electron chi connectivity index (χ2n) is 1.79. The second kappa shape index (κ2) is 3.82. The van der Waals surface area contributed by atoms with Crippen LogP contribution >= 0.6 is 0 Å². The Bertz CT molecular complexity index is 178. The van der Waals surface area contributed by atoms with Gasteiger partial charge < -0.3 is 5.73 Å². The van der Waals surface area contributed by atoms with Gasteiger partial charge in [0.2, 0.25) is 0 Å². The number of alkyl halides is 2. The van der Waals surface area contributed by atoms with E-state index in [1.165, 1.54) is 0 Å². The maximum absolute atomic E-state index is 11.4. The van der Waals surface area contributed by atoms with Crippen LogP contribution in [0.2, 0.25) is 0 Å². The smallest absolute Gasteiger partial charge is 0.252 e. The number of halogens is 2. The van der Waals surface area contributed by atoms with Crippen LogP contribution in [-0.4, -0.2) is 32.9 Å². The molecule has 0 aromatic heterocycles. The molecule has 0 unspecified atom stereocenters. The van der Waals surface area contributed by atoms with Crippen LogP contribution in [0.15, 0.2) is 0 Å². The molecule has 0 spiro atoms. The summed E-state index contributed by atoms with van der Waals surface area (Å²) in [6, 6.07) is 0. The first kappa shape index (κ1) is 9.77. The van der Waals surface area contributed by atoms with Crippen molar-refractivity contribution in [2.45, 2.75) is 6.43 Å². The van der Waals surface area contributed by atoms with Gasteiger partial charge in [-0.15, -0.1) is 0 Å². The fourth-order valence-electron chi connectivity index (χ4n) is 0.455. The molecule has 0 aliphatic heterocycles. The Morgan fingerprint density at radius 3 is 2.20 bits per heavy atom. The molecule has 0 radical (unpaired) electrons. The summed E-state index contributed by atoms with van der Waals surface area (Å²) >= 11 is 0. The zero-order valence-corrected chi connectivity index (χ0v) is 6.07. The van der Waals surface area contributed by atoms with E-state index in [0.717, 1.165) is 0 Å². The molecule has 0 amide bonds. The minimum absolute atomic E-state index is 0.102. The van der Waals surface area contributed by atoms with Crippen molar-refractivity contribution in [1.82, 2.24) is 0 Å². The maximum atomic E-state index is 11.4. The maximum Gasteiger partial charge on any atom is 0.252 e. The Balaban J connectivity index is 3.89. The molecule has 0 saturated carbocycles. The number of sulfone groups is 1. The molecule has 0 aromatic rings. The molecule has 0 aliphatic rings. The van der Waals surface area contributed by atoms with Gasteiger partial charge >= 0.3 is 0 Å². The predicted octanol–water partition coefficient (Wildman–Crippen LogP) is -0.375. The first-order chi connectivity index (χ1) is 4.48. The van der Waals surface area contributed by atoms with Gasteiger partial charge in [0.15, 0.2) is 9.84 Å². The van der Waals surface area contributed by atoms with Gasteiger partial charge in [-0.3, -0.25) is 0 Å². The minimum Gasteiger partial charge on any atom is -0.329 e. The molecule has 0 atom stereocenters. The average Bonchev–Trinajstić information content (AvgIpc) is 1.59. The van der Waals surface area contributed by atoms with Gasteiger partial charge in [0.05, 0.1) is 5.75 Å². The first-order valence-electron chi connectivity index (χ1n) is 2.66. The van der Waals surface area contributed by atoms with Crippen LogP contribution in [0.3, 0.4) is 0 Å². The van der Waals surface area contributed by atoms with Gasteiger partial charge in [0.25, 0.3) is 6.43 Å². The van der Waals surface area contributed by atoms with E-state index >= 15 is 0 Å². The molecular formula is C4H9F2NO2S. The normalized spacial score (nSPS) is 12.4. The van der Waals surface area contributed by atoms with Gasteiger partial charge in [-0.25, -0.2) is 17.2 Å². The lowest BCUT2D eigenvalue weighted by atomic mass is 10.8. The van der Waals surface area contributed by atoms with Crippen molar-refractivity contribution >= 4 is 9.84 Å². The zero-order chi connectivity index (χ0) is 8.20. The van der Waals surface area contributed by atoms with Crippen LogP contribution in [0, 0.1) is 0 Å². The predicted molar refractivity (Wildman–Crippen MR) is 33.7 cm³/mol. The molecule has 6 heteroatoms. The summed E-state index contributed by atoms with van der Waals surface area (Å²) < 4.78 is 43.8. The molecule has 0 aliphatic carbocycles. The zero-order valence-electron chi connectivity index (χ0n) is 5.26. The Hall–Kier alpha value is -0.230. The van der Waals surface area contributed by atoms with Crippen molar-refractivity contribution < 1.29 is 17.2 Å². The molecule has 10 heavy (non-hydrogen) atoms. The van der Waals surface area contributed by atoms with Gasteiger partial charge in [0, 0.05) is 6.54 Å². The van der Waals surface area contributed by atoms with E-state index in [1.54, 1.807) is 0 Å². The number of hydrogen-bond donors (Lipinski definition) is 1. The highest BCUT2D eigenvalue weighted by Crippen LogP contribution is 1.98. The van der Waals surface area contributed by atoms with Crippen LogP contribution in [0.25, 0.3) is 0 Å². The fraction of sp³-hybridized carbons (Fsp3) is 1.00. The molecular weight excluding hydrogens is 164 g/mol. The molecule has 3 nitrogen and oxygen atoms in total. The van der Waals surface area contributed by atoms with E-state index in [-0.39, 0.29) is 12.3 Å². The highest BCUT2D eigenvalue weighted by atomic mass is 32.2. The van der Waals surface area contributed by atoms with Crippen molar-refractivity contribution in [2.75, 3.05) is 18.1 Å². The van der Waals surface area contributed by atoms with E-state index in [1.807, 2.05) is 0 Å². The van der Waals surface area contributed by atoms with Crippen molar-refractivity contribution in [1.29, 1.82) is 0 Å². The van der Waals surface area contributed by atoms with E-state index in [2.05, 4.69) is 0 Å². The van der Waals surface area contributed by atoms with Crippen LogP contribution in [0.4, 0.5) is 8.78 Å². The summed E-state index contributed by atoms with van der Waals surface area (Å²) in [4.78, 5) is 0. The summed E-state index contributed by atoms with van der Waals surface area (Å²) in [7, 11) is -3.61. The monoisotopic (exact) mass is 173 g/mol. The number of rotatable bonds is 4. The van der Waals surface area contributed by atoms with Crippen LogP contribution in [0.1, 0.15) is 0 Å². The summed E-state index contributed by atoms with van der Waals surface area (Å²) in [5, 5.41) is 0. The third-order valence-electron chi connectivity index (χ3n) is 0.809. The summed E-state index contributed by atoms with van der Waals surface area (Å²) in [6.45, 7) is -0.102. The Kier molecular flexibility index (Phi) is 3.73. The molecule has 0 saturated heterocycles. The minimum atomic E-state index is -3.61. The third kappa shape index (κ3) is 4.63. The molecule has 0 aromatic carbocycles.